The molecule has 7 nitrogen and oxygen atoms in total. The van der Waals surface area contributed by atoms with Gasteiger partial charge in [0.15, 0.2) is 5.82 Å². The van der Waals surface area contributed by atoms with Crippen LogP contribution in [0.3, 0.4) is 0 Å². The molecule has 1 aromatic heterocycles. The predicted molar refractivity (Wildman–Crippen MR) is 145 cm³/mol. The molecule has 0 saturated carbocycles. The molecule has 0 radical (unpaired) electrons. The van der Waals surface area contributed by atoms with Gasteiger partial charge in [-0.25, -0.2) is 13.8 Å². The fourth-order valence-electron chi connectivity index (χ4n) is 4.47. The predicted octanol–water partition coefficient (Wildman–Crippen LogP) is 5.86. The summed E-state index contributed by atoms with van der Waals surface area (Å²) in [5.74, 6) is -1.38. The highest BCUT2D eigenvalue weighted by atomic mass is 35.5. The number of rotatable bonds is 11. The third-order valence-corrected chi connectivity index (χ3v) is 7.91. The number of aliphatic hydroxyl groups is 1. The summed E-state index contributed by atoms with van der Waals surface area (Å²) in [7, 11) is 3.01. The fourth-order valence-corrected chi connectivity index (χ4v) is 5.74. The van der Waals surface area contributed by atoms with Gasteiger partial charge in [-0.3, -0.25) is 4.31 Å². The Bertz CT molecular complexity index is 1320. The van der Waals surface area contributed by atoms with Crippen LogP contribution in [0.1, 0.15) is 18.9 Å². The Morgan fingerprint density at radius 1 is 1.15 bits per heavy atom. The minimum absolute atomic E-state index is 0.0615. The van der Waals surface area contributed by atoms with Gasteiger partial charge in [-0.1, -0.05) is 17.7 Å². The normalized spacial score (nSPS) is 17.0. The lowest BCUT2D eigenvalue weighted by Crippen LogP contribution is -2.40. The van der Waals surface area contributed by atoms with E-state index in [-0.39, 0.29) is 41.1 Å². The first-order valence-corrected chi connectivity index (χ1v) is 13.4. The van der Waals surface area contributed by atoms with Crippen molar-refractivity contribution >= 4 is 35.1 Å². The van der Waals surface area contributed by atoms with Crippen molar-refractivity contribution in [3.63, 3.8) is 0 Å². The molecular weight excluding hydrogens is 555 g/mol. The van der Waals surface area contributed by atoms with Crippen molar-refractivity contribution in [2.24, 2.45) is 0 Å². The van der Waals surface area contributed by atoms with Gasteiger partial charge < -0.3 is 24.2 Å². The SMILES string of the molecule is CCOC1(CO)CCN(c2cc(F)c(SN(Cc3ccc(OC)cc3OC)c3cccc(F)n3)c(F)c2Cl)C1. The van der Waals surface area contributed by atoms with Crippen molar-refractivity contribution in [1.82, 2.24) is 4.98 Å². The average Bonchev–Trinajstić information content (AvgIpc) is 3.36. The van der Waals surface area contributed by atoms with E-state index in [1.807, 2.05) is 6.92 Å². The Balaban J connectivity index is 1.68. The summed E-state index contributed by atoms with van der Waals surface area (Å²) in [4.78, 5) is 5.23. The number of benzene rings is 2. The third-order valence-electron chi connectivity index (χ3n) is 6.46. The average molecular weight is 584 g/mol. The van der Waals surface area contributed by atoms with E-state index in [0.717, 1.165) is 6.07 Å². The first kappa shape index (κ1) is 29.1. The molecule has 1 aliphatic rings. The Morgan fingerprint density at radius 2 is 1.95 bits per heavy atom. The number of hydrogen-bond acceptors (Lipinski definition) is 8. The first-order valence-electron chi connectivity index (χ1n) is 12.2. The largest absolute Gasteiger partial charge is 0.497 e. The van der Waals surface area contributed by atoms with E-state index < -0.39 is 23.2 Å². The van der Waals surface area contributed by atoms with E-state index in [2.05, 4.69) is 4.98 Å². The quantitative estimate of drug-likeness (QED) is 0.171. The summed E-state index contributed by atoms with van der Waals surface area (Å²) >= 11 is 7.14. The first-order chi connectivity index (χ1) is 18.7. The van der Waals surface area contributed by atoms with E-state index in [4.69, 9.17) is 25.8 Å². The summed E-state index contributed by atoms with van der Waals surface area (Å²) in [6.45, 7) is 2.69. The molecule has 210 valence electrons. The van der Waals surface area contributed by atoms with Crippen molar-refractivity contribution in [1.29, 1.82) is 0 Å². The number of pyridine rings is 1. The smallest absolute Gasteiger partial charge is 0.214 e. The van der Waals surface area contributed by atoms with Gasteiger partial charge in [0, 0.05) is 37.4 Å². The second kappa shape index (κ2) is 12.5. The maximum Gasteiger partial charge on any atom is 0.214 e. The summed E-state index contributed by atoms with van der Waals surface area (Å²) in [6.07, 6.45) is 0.482. The number of aliphatic hydroxyl groups excluding tert-OH is 1. The van der Waals surface area contributed by atoms with Crippen LogP contribution in [0, 0.1) is 17.6 Å². The molecule has 1 atom stereocenters. The Hall–Kier alpha value is -2.86. The van der Waals surface area contributed by atoms with Crippen molar-refractivity contribution in [2.75, 3.05) is 49.7 Å². The number of methoxy groups -OCH3 is 2. The molecule has 39 heavy (non-hydrogen) atoms. The molecule has 1 aliphatic heterocycles. The molecule has 0 amide bonds. The molecule has 0 aliphatic carbocycles. The van der Waals surface area contributed by atoms with Crippen LogP contribution in [0.4, 0.5) is 24.7 Å². The van der Waals surface area contributed by atoms with Gasteiger partial charge in [0.05, 0.1) is 33.1 Å². The van der Waals surface area contributed by atoms with Crippen LogP contribution < -0.4 is 18.7 Å². The van der Waals surface area contributed by atoms with Crippen LogP contribution in [0.15, 0.2) is 47.4 Å². The van der Waals surface area contributed by atoms with Crippen LogP contribution in [0.5, 0.6) is 11.5 Å². The van der Waals surface area contributed by atoms with Crippen molar-refractivity contribution < 1.29 is 32.5 Å². The summed E-state index contributed by atoms with van der Waals surface area (Å²) in [5.41, 5.74) is -0.0116. The highest BCUT2D eigenvalue weighted by molar-refractivity contribution is 8.00. The van der Waals surface area contributed by atoms with E-state index in [1.54, 1.807) is 23.1 Å². The zero-order valence-electron chi connectivity index (χ0n) is 21.7. The second-order valence-electron chi connectivity index (χ2n) is 8.90. The lowest BCUT2D eigenvalue weighted by molar-refractivity contribution is -0.0587. The lowest BCUT2D eigenvalue weighted by Gasteiger charge is -2.28. The topological polar surface area (TPSA) is 67.3 Å². The maximum absolute atomic E-state index is 15.7. The summed E-state index contributed by atoms with van der Waals surface area (Å²) in [6, 6.07) is 10.5. The highest BCUT2D eigenvalue weighted by Crippen LogP contribution is 2.42. The number of ether oxygens (including phenoxy) is 3. The fraction of sp³-hybridized carbons (Fsp3) is 0.370. The molecule has 0 bridgehead atoms. The summed E-state index contributed by atoms with van der Waals surface area (Å²) in [5, 5.41) is 9.59. The van der Waals surface area contributed by atoms with E-state index in [0.29, 0.717) is 48.6 Å². The highest BCUT2D eigenvalue weighted by Gasteiger charge is 2.40. The van der Waals surface area contributed by atoms with E-state index >= 15 is 8.78 Å². The van der Waals surface area contributed by atoms with Crippen LogP contribution >= 0.6 is 23.5 Å². The molecule has 0 spiro atoms. The van der Waals surface area contributed by atoms with Crippen LogP contribution in [0.25, 0.3) is 0 Å². The van der Waals surface area contributed by atoms with Gasteiger partial charge >= 0.3 is 0 Å². The third kappa shape index (κ3) is 6.32. The molecule has 4 rings (SSSR count). The van der Waals surface area contributed by atoms with Gasteiger partial charge in [0.1, 0.15) is 38.7 Å². The molecular formula is C27H29ClF3N3O4S. The number of halogens is 4. The summed E-state index contributed by atoms with van der Waals surface area (Å²) < 4.78 is 63.1. The molecule has 2 aromatic carbocycles. The van der Waals surface area contributed by atoms with Gasteiger partial charge in [-0.2, -0.15) is 4.39 Å². The van der Waals surface area contributed by atoms with Crippen molar-refractivity contribution in [2.45, 2.75) is 30.4 Å². The number of nitrogens with zero attached hydrogens (tertiary/aromatic N) is 3. The molecule has 12 heteroatoms. The zero-order chi connectivity index (χ0) is 28.2. The molecule has 1 fully saturated rings. The second-order valence-corrected chi connectivity index (χ2v) is 10.3. The number of hydrogen-bond donors (Lipinski definition) is 1. The molecule has 2 heterocycles. The van der Waals surface area contributed by atoms with E-state index in [9.17, 15) is 9.50 Å². The van der Waals surface area contributed by atoms with E-state index in [1.165, 1.54) is 36.7 Å². The molecule has 3 aromatic rings. The van der Waals surface area contributed by atoms with Crippen molar-refractivity contribution in [3.05, 3.63) is 70.6 Å². The minimum Gasteiger partial charge on any atom is -0.497 e. The number of anilines is 2. The monoisotopic (exact) mass is 583 g/mol. The molecule has 1 saturated heterocycles. The minimum atomic E-state index is -0.960. The maximum atomic E-state index is 15.7. The Morgan fingerprint density at radius 3 is 2.62 bits per heavy atom. The van der Waals surface area contributed by atoms with Crippen LogP contribution in [-0.4, -0.2) is 56.2 Å². The number of aromatic nitrogens is 1. The van der Waals surface area contributed by atoms with Gasteiger partial charge in [-0.15, -0.1) is 0 Å². The van der Waals surface area contributed by atoms with Gasteiger partial charge in [0.25, 0.3) is 0 Å². The Labute approximate surface area is 234 Å². The van der Waals surface area contributed by atoms with Crippen LogP contribution in [-0.2, 0) is 11.3 Å². The van der Waals surface area contributed by atoms with Crippen LogP contribution in [0.2, 0.25) is 5.02 Å². The standard InChI is InChI=1S/C27H29ClF3N3O4S/c1-4-38-27(16-35)10-11-33(15-27)20-13-19(29)26(25(31)24(20)28)39-34(23-7-5-6-22(30)32-23)14-17-8-9-18(36-2)12-21(17)37-3/h5-9,12-13,35H,4,10-11,14-16H2,1-3H3. The molecule has 1 unspecified atom stereocenters. The van der Waals surface area contributed by atoms with Gasteiger partial charge in [0.2, 0.25) is 5.95 Å². The zero-order valence-corrected chi connectivity index (χ0v) is 23.3. The van der Waals surface area contributed by atoms with Crippen molar-refractivity contribution in [3.8, 4) is 11.5 Å². The molecule has 1 N–H and O–H groups in total. The lowest BCUT2D eigenvalue weighted by atomic mass is 10.1. The van der Waals surface area contributed by atoms with Gasteiger partial charge in [-0.05, 0) is 49.6 Å². The Kier molecular flexibility index (Phi) is 9.37.